The molecule has 1 aliphatic rings. The molecule has 1 aromatic heterocycles. The fourth-order valence-corrected chi connectivity index (χ4v) is 2.72. The van der Waals surface area contributed by atoms with Crippen molar-refractivity contribution in [3.05, 3.63) is 42.3 Å². The van der Waals surface area contributed by atoms with Gasteiger partial charge in [-0.3, -0.25) is 0 Å². The molecular weight excluding hydrogens is 278 g/mol. The van der Waals surface area contributed by atoms with Crippen LogP contribution in [-0.2, 0) is 6.54 Å². The van der Waals surface area contributed by atoms with Crippen LogP contribution in [0.2, 0.25) is 0 Å². The van der Waals surface area contributed by atoms with E-state index >= 15 is 0 Å². The van der Waals surface area contributed by atoms with E-state index in [0.29, 0.717) is 24.4 Å². The average Bonchev–Trinajstić information content (AvgIpc) is 2.93. The molecule has 0 aliphatic carbocycles. The number of carbonyl (C=O) groups excluding carboxylic acids is 1. The van der Waals surface area contributed by atoms with E-state index in [4.69, 9.17) is 4.42 Å². The van der Waals surface area contributed by atoms with E-state index in [9.17, 15) is 4.79 Å². The number of hydrogen-bond donors (Lipinski definition) is 1. The summed E-state index contributed by atoms with van der Waals surface area (Å²) in [6.45, 7) is 5.51. The Hall–Kier alpha value is -2.30. The molecule has 0 saturated carbocycles. The molecule has 1 aliphatic heterocycles. The summed E-state index contributed by atoms with van der Waals surface area (Å²) in [6, 6.07) is 10.1. The molecule has 1 saturated heterocycles. The van der Waals surface area contributed by atoms with Gasteiger partial charge in [0.15, 0.2) is 0 Å². The van der Waals surface area contributed by atoms with Gasteiger partial charge in [-0.1, -0.05) is 32.0 Å². The van der Waals surface area contributed by atoms with E-state index in [-0.39, 0.29) is 6.03 Å². The van der Waals surface area contributed by atoms with Crippen molar-refractivity contribution in [2.75, 3.05) is 6.54 Å². The number of hydrogen-bond acceptors (Lipinski definition) is 3. The van der Waals surface area contributed by atoms with Crippen LogP contribution in [0.5, 0.6) is 0 Å². The number of oxazole rings is 1. The van der Waals surface area contributed by atoms with Crippen LogP contribution in [-0.4, -0.2) is 28.5 Å². The van der Waals surface area contributed by atoms with Crippen molar-refractivity contribution in [3.8, 4) is 11.5 Å². The van der Waals surface area contributed by atoms with Gasteiger partial charge >= 0.3 is 6.03 Å². The first-order valence-corrected chi connectivity index (χ1v) is 7.69. The van der Waals surface area contributed by atoms with Gasteiger partial charge in [-0.25, -0.2) is 9.78 Å². The van der Waals surface area contributed by atoms with Crippen molar-refractivity contribution in [2.45, 2.75) is 32.9 Å². The van der Waals surface area contributed by atoms with Gasteiger partial charge in [-0.15, -0.1) is 0 Å². The summed E-state index contributed by atoms with van der Waals surface area (Å²) < 4.78 is 5.47. The van der Waals surface area contributed by atoms with E-state index < -0.39 is 0 Å². The highest BCUT2D eigenvalue weighted by molar-refractivity contribution is 5.75. The Kier molecular flexibility index (Phi) is 4.13. The molecule has 5 nitrogen and oxygen atoms in total. The maximum atomic E-state index is 12.1. The normalized spacial score (nSPS) is 17.4. The monoisotopic (exact) mass is 299 g/mol. The van der Waals surface area contributed by atoms with Crippen LogP contribution in [0, 0.1) is 5.92 Å². The number of carbonyl (C=O) groups is 1. The van der Waals surface area contributed by atoms with E-state index in [2.05, 4.69) is 24.1 Å². The molecule has 1 N–H and O–H groups in total. The second-order valence-corrected chi connectivity index (χ2v) is 5.96. The number of rotatable bonds is 4. The zero-order valence-electron chi connectivity index (χ0n) is 13.0. The third kappa shape index (κ3) is 2.98. The van der Waals surface area contributed by atoms with Crippen molar-refractivity contribution in [3.63, 3.8) is 0 Å². The predicted molar refractivity (Wildman–Crippen MR) is 84.1 cm³/mol. The quantitative estimate of drug-likeness (QED) is 0.942. The van der Waals surface area contributed by atoms with E-state index in [1.54, 1.807) is 6.26 Å². The molecule has 0 bridgehead atoms. The van der Waals surface area contributed by atoms with Crippen molar-refractivity contribution < 1.29 is 9.21 Å². The average molecular weight is 299 g/mol. The number of benzene rings is 1. The molecule has 0 spiro atoms. The van der Waals surface area contributed by atoms with E-state index in [1.807, 2.05) is 35.2 Å². The lowest BCUT2D eigenvalue weighted by molar-refractivity contribution is 0.0860. The molecule has 116 valence electrons. The van der Waals surface area contributed by atoms with Crippen LogP contribution in [0.1, 0.15) is 26.0 Å². The molecule has 2 aromatic rings. The van der Waals surface area contributed by atoms with Crippen molar-refractivity contribution in [2.24, 2.45) is 5.92 Å². The first-order chi connectivity index (χ1) is 10.6. The van der Waals surface area contributed by atoms with Gasteiger partial charge in [0.05, 0.1) is 12.2 Å². The number of likely N-dealkylation sites (tertiary alicyclic amines) is 1. The highest BCUT2D eigenvalue weighted by Gasteiger charge is 2.33. The highest BCUT2D eigenvalue weighted by atomic mass is 16.3. The fraction of sp³-hybridized carbons (Fsp3) is 0.412. The third-order valence-corrected chi connectivity index (χ3v) is 4.09. The van der Waals surface area contributed by atoms with Gasteiger partial charge in [0.2, 0.25) is 5.89 Å². The molecule has 5 heteroatoms. The van der Waals surface area contributed by atoms with Crippen LogP contribution >= 0.6 is 0 Å². The van der Waals surface area contributed by atoms with Gasteiger partial charge < -0.3 is 14.6 Å². The third-order valence-electron chi connectivity index (χ3n) is 4.09. The first-order valence-electron chi connectivity index (χ1n) is 7.69. The smallest absolute Gasteiger partial charge is 0.317 e. The Morgan fingerprint density at radius 3 is 2.82 bits per heavy atom. The Balaban J connectivity index is 1.56. The number of urea groups is 1. The number of nitrogens with zero attached hydrogens (tertiary/aromatic N) is 2. The van der Waals surface area contributed by atoms with E-state index in [1.165, 1.54) is 0 Å². The molecule has 3 rings (SSSR count). The summed E-state index contributed by atoms with van der Waals surface area (Å²) in [5.41, 5.74) is 1.66. The minimum Gasteiger partial charge on any atom is -0.444 e. The lowest BCUT2D eigenvalue weighted by atomic mass is 9.92. The molecule has 1 aromatic carbocycles. The Morgan fingerprint density at radius 1 is 1.41 bits per heavy atom. The van der Waals surface area contributed by atoms with Crippen LogP contribution in [0.15, 0.2) is 41.0 Å². The molecule has 1 unspecified atom stereocenters. The maximum Gasteiger partial charge on any atom is 0.317 e. The van der Waals surface area contributed by atoms with Crippen molar-refractivity contribution in [1.29, 1.82) is 0 Å². The Bertz CT molecular complexity index is 636. The van der Waals surface area contributed by atoms with Crippen molar-refractivity contribution in [1.82, 2.24) is 15.2 Å². The van der Waals surface area contributed by atoms with Gasteiger partial charge in [0, 0.05) is 18.2 Å². The minimum absolute atomic E-state index is 0.0192. The lowest BCUT2D eigenvalue weighted by Crippen LogP contribution is -2.56. The second-order valence-electron chi connectivity index (χ2n) is 5.96. The summed E-state index contributed by atoms with van der Waals surface area (Å²) in [7, 11) is 0. The molecule has 22 heavy (non-hydrogen) atoms. The summed E-state index contributed by atoms with van der Waals surface area (Å²) in [5.74, 6) is 1.07. The molecule has 0 radical (unpaired) electrons. The van der Waals surface area contributed by atoms with Gasteiger partial charge in [-0.2, -0.15) is 0 Å². The molecule has 1 atom stereocenters. The van der Waals surface area contributed by atoms with Crippen LogP contribution < -0.4 is 5.32 Å². The zero-order valence-corrected chi connectivity index (χ0v) is 13.0. The first kappa shape index (κ1) is 14.6. The largest absolute Gasteiger partial charge is 0.444 e. The lowest BCUT2D eigenvalue weighted by Gasteiger charge is -2.43. The SMILES string of the molecule is CC(C)C1CCN1C(=O)NCc1coc(-c2ccccc2)n1. The van der Waals surface area contributed by atoms with Gasteiger partial charge in [0.25, 0.3) is 0 Å². The Morgan fingerprint density at radius 2 is 2.18 bits per heavy atom. The topological polar surface area (TPSA) is 58.4 Å². The summed E-state index contributed by atoms with van der Waals surface area (Å²) in [4.78, 5) is 18.4. The van der Waals surface area contributed by atoms with Gasteiger partial charge in [-0.05, 0) is 24.5 Å². The molecule has 1 fully saturated rings. The maximum absolute atomic E-state index is 12.1. The van der Waals surface area contributed by atoms with Crippen LogP contribution in [0.25, 0.3) is 11.5 Å². The predicted octanol–water partition coefficient (Wildman–Crippen LogP) is 3.28. The summed E-state index contributed by atoms with van der Waals surface area (Å²) in [5, 5.41) is 2.92. The fourth-order valence-electron chi connectivity index (χ4n) is 2.72. The number of nitrogens with one attached hydrogen (secondary N) is 1. The van der Waals surface area contributed by atoms with Gasteiger partial charge in [0.1, 0.15) is 6.26 Å². The van der Waals surface area contributed by atoms with Crippen molar-refractivity contribution >= 4 is 6.03 Å². The van der Waals surface area contributed by atoms with E-state index in [0.717, 1.165) is 24.2 Å². The molecule has 2 heterocycles. The highest BCUT2D eigenvalue weighted by Crippen LogP contribution is 2.24. The molecule has 2 amide bonds. The number of amides is 2. The zero-order chi connectivity index (χ0) is 15.5. The molecular formula is C17H21N3O2. The number of aromatic nitrogens is 1. The standard InChI is InChI=1S/C17H21N3O2/c1-12(2)15-8-9-20(15)17(21)18-10-14-11-22-16(19-14)13-6-4-3-5-7-13/h3-7,11-12,15H,8-10H2,1-2H3,(H,18,21). The Labute approximate surface area is 130 Å². The second kappa shape index (κ2) is 6.22. The van der Waals surface area contributed by atoms with Crippen LogP contribution in [0.4, 0.5) is 4.79 Å². The summed E-state index contributed by atoms with van der Waals surface area (Å²) >= 11 is 0. The van der Waals surface area contributed by atoms with Crippen LogP contribution in [0.3, 0.4) is 0 Å². The summed E-state index contributed by atoms with van der Waals surface area (Å²) in [6.07, 6.45) is 2.69. The minimum atomic E-state index is -0.0192.